The maximum atomic E-state index is 13.9. The van der Waals surface area contributed by atoms with Gasteiger partial charge in [0.05, 0.1) is 0 Å². The minimum absolute atomic E-state index is 0.0378. The lowest BCUT2D eigenvalue weighted by Gasteiger charge is -2.35. The van der Waals surface area contributed by atoms with Crippen molar-refractivity contribution >= 4 is 26.0 Å². The van der Waals surface area contributed by atoms with Crippen molar-refractivity contribution in [3.63, 3.8) is 0 Å². The van der Waals surface area contributed by atoms with Crippen LogP contribution in [0.4, 0.5) is 8.78 Å². The highest BCUT2D eigenvalue weighted by molar-refractivity contribution is 9.10. The smallest absolute Gasteiger partial charge is 0.247 e. The summed E-state index contributed by atoms with van der Waals surface area (Å²) in [5.41, 5.74) is 5.66. The predicted octanol–water partition coefficient (Wildman–Crippen LogP) is 2.33. The molecule has 118 valence electrons. The quantitative estimate of drug-likeness (QED) is 0.872. The number of rotatable bonds is 3. The molecule has 21 heavy (non-hydrogen) atoms. The molecule has 1 aliphatic heterocycles. The van der Waals surface area contributed by atoms with E-state index in [-0.39, 0.29) is 16.9 Å². The summed E-state index contributed by atoms with van der Waals surface area (Å²) in [5, 5.41) is 0. The van der Waals surface area contributed by atoms with Gasteiger partial charge in [-0.2, -0.15) is 4.31 Å². The van der Waals surface area contributed by atoms with Crippen molar-refractivity contribution in [2.24, 2.45) is 17.6 Å². The van der Waals surface area contributed by atoms with Gasteiger partial charge in [-0.05, 0) is 46.8 Å². The third-order valence-electron chi connectivity index (χ3n) is 3.94. The number of hydrogen-bond donors (Lipinski definition) is 1. The Labute approximate surface area is 131 Å². The first-order valence-corrected chi connectivity index (χ1v) is 8.85. The fourth-order valence-corrected chi connectivity index (χ4v) is 5.17. The minimum atomic E-state index is -4.02. The molecule has 8 heteroatoms. The highest BCUT2D eigenvalue weighted by atomic mass is 79.9. The van der Waals surface area contributed by atoms with Gasteiger partial charge in [-0.25, -0.2) is 17.2 Å². The maximum absolute atomic E-state index is 13.9. The van der Waals surface area contributed by atoms with Crippen molar-refractivity contribution < 1.29 is 17.2 Å². The second kappa shape index (κ2) is 6.28. The summed E-state index contributed by atoms with van der Waals surface area (Å²) in [6.07, 6.45) is 0.668. The van der Waals surface area contributed by atoms with Crippen LogP contribution in [0.1, 0.15) is 13.3 Å². The van der Waals surface area contributed by atoms with E-state index in [0.717, 1.165) is 6.07 Å². The van der Waals surface area contributed by atoms with Crippen molar-refractivity contribution in [1.29, 1.82) is 0 Å². The molecule has 2 rings (SSSR count). The first kappa shape index (κ1) is 16.8. The highest BCUT2D eigenvalue weighted by Gasteiger charge is 2.35. The van der Waals surface area contributed by atoms with Gasteiger partial charge < -0.3 is 5.73 Å². The summed E-state index contributed by atoms with van der Waals surface area (Å²) in [6.45, 7) is 2.96. The first-order valence-electron chi connectivity index (χ1n) is 6.62. The second-order valence-corrected chi connectivity index (χ2v) is 8.05. The molecule has 2 unspecified atom stereocenters. The number of benzene rings is 1. The van der Waals surface area contributed by atoms with Crippen LogP contribution in [-0.4, -0.2) is 32.4 Å². The number of sulfonamides is 1. The van der Waals surface area contributed by atoms with E-state index in [1.54, 1.807) is 0 Å². The average Bonchev–Trinajstić information content (AvgIpc) is 2.37. The zero-order valence-corrected chi connectivity index (χ0v) is 13.9. The fraction of sp³-hybridized carbons (Fsp3) is 0.538. The summed E-state index contributed by atoms with van der Waals surface area (Å²) in [5.74, 6) is -1.56. The third kappa shape index (κ3) is 3.28. The lowest BCUT2D eigenvalue weighted by Crippen LogP contribution is -2.45. The van der Waals surface area contributed by atoms with Gasteiger partial charge in [-0.15, -0.1) is 0 Å². The van der Waals surface area contributed by atoms with Crippen molar-refractivity contribution in [3.8, 4) is 0 Å². The van der Waals surface area contributed by atoms with Crippen LogP contribution < -0.4 is 5.73 Å². The molecular formula is C13H17BrF2N2O2S. The van der Waals surface area contributed by atoms with Crippen LogP contribution in [0.2, 0.25) is 0 Å². The topological polar surface area (TPSA) is 63.4 Å². The van der Waals surface area contributed by atoms with Gasteiger partial charge >= 0.3 is 0 Å². The predicted molar refractivity (Wildman–Crippen MR) is 79.1 cm³/mol. The first-order chi connectivity index (χ1) is 9.77. The van der Waals surface area contributed by atoms with Crippen LogP contribution in [-0.2, 0) is 10.0 Å². The van der Waals surface area contributed by atoms with E-state index in [4.69, 9.17) is 5.73 Å². The number of hydrogen-bond acceptors (Lipinski definition) is 3. The Morgan fingerprint density at radius 3 is 2.67 bits per heavy atom. The molecule has 1 aliphatic rings. The number of piperidine rings is 1. The SMILES string of the molecule is CC1CCN(S(=O)(=O)c2c(F)cc(F)cc2Br)CC1CN. The number of nitrogens with two attached hydrogens (primary N) is 1. The number of nitrogens with zero attached hydrogens (tertiary/aromatic N) is 1. The van der Waals surface area contributed by atoms with Gasteiger partial charge in [0.1, 0.15) is 16.5 Å². The van der Waals surface area contributed by atoms with E-state index in [9.17, 15) is 17.2 Å². The van der Waals surface area contributed by atoms with E-state index < -0.39 is 26.6 Å². The number of halogens is 3. The molecule has 0 saturated carbocycles. The van der Waals surface area contributed by atoms with Gasteiger partial charge in [0.2, 0.25) is 10.0 Å². The van der Waals surface area contributed by atoms with Crippen LogP contribution in [0.25, 0.3) is 0 Å². The van der Waals surface area contributed by atoms with Crippen LogP contribution in [0, 0.1) is 23.5 Å². The van der Waals surface area contributed by atoms with Gasteiger partial charge in [0, 0.05) is 23.6 Å². The largest absolute Gasteiger partial charge is 0.330 e. The van der Waals surface area contributed by atoms with E-state index >= 15 is 0 Å². The zero-order chi connectivity index (χ0) is 15.8. The van der Waals surface area contributed by atoms with E-state index in [1.807, 2.05) is 6.92 Å². The van der Waals surface area contributed by atoms with Crippen LogP contribution >= 0.6 is 15.9 Å². The Morgan fingerprint density at radius 1 is 1.43 bits per heavy atom. The normalized spacial score (nSPS) is 24.2. The fourth-order valence-electron chi connectivity index (χ4n) is 2.55. The Hall–Kier alpha value is -0.570. The summed E-state index contributed by atoms with van der Waals surface area (Å²) >= 11 is 2.93. The molecule has 0 radical (unpaired) electrons. The molecule has 1 fully saturated rings. The average molecular weight is 383 g/mol. The molecule has 0 amide bonds. The van der Waals surface area contributed by atoms with Crippen molar-refractivity contribution in [2.75, 3.05) is 19.6 Å². The van der Waals surface area contributed by atoms with Crippen molar-refractivity contribution in [3.05, 3.63) is 28.2 Å². The minimum Gasteiger partial charge on any atom is -0.330 e. The molecule has 4 nitrogen and oxygen atoms in total. The summed E-state index contributed by atoms with van der Waals surface area (Å²) in [6, 6.07) is 1.52. The van der Waals surface area contributed by atoms with Crippen molar-refractivity contribution in [1.82, 2.24) is 4.31 Å². The van der Waals surface area contributed by atoms with Gasteiger partial charge in [-0.3, -0.25) is 0 Å². The van der Waals surface area contributed by atoms with E-state index in [1.165, 1.54) is 4.31 Å². The van der Waals surface area contributed by atoms with Gasteiger partial charge in [0.15, 0.2) is 0 Å². The zero-order valence-electron chi connectivity index (χ0n) is 11.5. The lowest BCUT2D eigenvalue weighted by molar-refractivity contribution is 0.203. The molecule has 0 aromatic heterocycles. The Kier molecular flexibility index (Phi) is 5.02. The molecule has 0 aliphatic carbocycles. The third-order valence-corrected chi connectivity index (χ3v) is 6.77. The molecule has 1 heterocycles. The second-order valence-electron chi connectivity index (χ2n) is 5.32. The van der Waals surface area contributed by atoms with Gasteiger partial charge in [-0.1, -0.05) is 6.92 Å². The Bertz CT molecular complexity index is 616. The monoisotopic (exact) mass is 382 g/mol. The molecular weight excluding hydrogens is 366 g/mol. The Morgan fingerprint density at radius 2 is 2.10 bits per heavy atom. The molecule has 2 N–H and O–H groups in total. The molecule has 2 atom stereocenters. The molecule has 1 saturated heterocycles. The van der Waals surface area contributed by atoms with Crippen molar-refractivity contribution in [2.45, 2.75) is 18.2 Å². The van der Waals surface area contributed by atoms with E-state index in [0.29, 0.717) is 31.5 Å². The van der Waals surface area contributed by atoms with Gasteiger partial charge in [0.25, 0.3) is 0 Å². The highest BCUT2D eigenvalue weighted by Crippen LogP contribution is 2.32. The maximum Gasteiger partial charge on any atom is 0.247 e. The summed E-state index contributed by atoms with van der Waals surface area (Å²) < 4.78 is 53.4. The molecule has 1 aromatic rings. The Balaban J connectivity index is 2.39. The van der Waals surface area contributed by atoms with Crippen LogP contribution in [0.15, 0.2) is 21.5 Å². The summed E-state index contributed by atoms with van der Waals surface area (Å²) in [7, 11) is -4.02. The molecule has 0 bridgehead atoms. The standard InChI is InChI=1S/C13H17BrF2N2O2S/c1-8-2-3-18(7-9(8)6-17)21(19,20)13-11(14)4-10(15)5-12(13)16/h4-5,8-9H,2-3,6-7,17H2,1H3. The lowest BCUT2D eigenvalue weighted by atomic mass is 9.88. The molecule has 0 spiro atoms. The van der Waals surface area contributed by atoms with E-state index in [2.05, 4.69) is 15.9 Å². The van der Waals surface area contributed by atoms with Crippen LogP contribution in [0.3, 0.4) is 0 Å². The van der Waals surface area contributed by atoms with Crippen LogP contribution in [0.5, 0.6) is 0 Å². The summed E-state index contributed by atoms with van der Waals surface area (Å²) in [4.78, 5) is -0.519. The molecule has 1 aromatic carbocycles.